The fourth-order valence-electron chi connectivity index (χ4n) is 3.00. The van der Waals surface area contributed by atoms with Crippen molar-refractivity contribution in [3.05, 3.63) is 34.9 Å². The lowest BCUT2D eigenvalue weighted by Gasteiger charge is -2.34. The third-order valence-corrected chi connectivity index (χ3v) is 4.25. The van der Waals surface area contributed by atoms with E-state index in [1.54, 1.807) is 0 Å². The minimum atomic E-state index is 0.0209. The smallest absolute Gasteiger partial charge is 0.224 e. The van der Waals surface area contributed by atoms with Crippen LogP contribution in [0.15, 0.2) is 18.2 Å². The highest BCUT2D eigenvalue weighted by Crippen LogP contribution is 2.27. The van der Waals surface area contributed by atoms with Crippen molar-refractivity contribution in [1.82, 2.24) is 5.32 Å². The van der Waals surface area contributed by atoms with Crippen molar-refractivity contribution in [3.8, 4) is 0 Å². The van der Waals surface area contributed by atoms with E-state index >= 15 is 0 Å². The van der Waals surface area contributed by atoms with Gasteiger partial charge in [0.2, 0.25) is 5.91 Å². The second kappa shape index (κ2) is 5.77. The van der Waals surface area contributed by atoms with Crippen LogP contribution in [0.2, 0.25) is 0 Å². The molecule has 0 unspecified atom stereocenters. The summed E-state index contributed by atoms with van der Waals surface area (Å²) < 4.78 is 0. The van der Waals surface area contributed by atoms with Crippen molar-refractivity contribution in [2.24, 2.45) is 0 Å². The van der Waals surface area contributed by atoms with Crippen LogP contribution >= 0.6 is 0 Å². The van der Waals surface area contributed by atoms with Gasteiger partial charge < -0.3 is 5.32 Å². The molecule has 2 rings (SSSR count). The van der Waals surface area contributed by atoms with E-state index in [2.05, 4.69) is 44.3 Å². The maximum Gasteiger partial charge on any atom is 0.224 e. The van der Waals surface area contributed by atoms with E-state index in [1.807, 2.05) is 0 Å². The van der Waals surface area contributed by atoms with E-state index in [-0.39, 0.29) is 11.4 Å². The van der Waals surface area contributed by atoms with Crippen molar-refractivity contribution < 1.29 is 4.79 Å². The quantitative estimate of drug-likeness (QED) is 0.881. The fourth-order valence-corrected chi connectivity index (χ4v) is 3.00. The second-order valence-corrected chi connectivity index (χ2v) is 6.28. The van der Waals surface area contributed by atoms with Crippen LogP contribution in [0.4, 0.5) is 0 Å². The van der Waals surface area contributed by atoms with Crippen molar-refractivity contribution in [2.45, 2.75) is 64.8 Å². The standard InChI is InChI=1S/C17H25NO/c1-13-7-8-14(2)15(11-13)12-16(19)18-17(3)9-5-4-6-10-17/h7-8,11H,4-6,9-10,12H2,1-3H3,(H,18,19). The topological polar surface area (TPSA) is 29.1 Å². The first-order valence-electron chi connectivity index (χ1n) is 7.36. The van der Waals surface area contributed by atoms with Gasteiger partial charge in [-0.3, -0.25) is 4.79 Å². The Morgan fingerprint density at radius 1 is 1.21 bits per heavy atom. The first kappa shape index (κ1) is 14.1. The molecule has 0 bridgehead atoms. The van der Waals surface area contributed by atoms with Gasteiger partial charge in [-0.1, -0.05) is 43.0 Å². The third-order valence-electron chi connectivity index (χ3n) is 4.25. The summed E-state index contributed by atoms with van der Waals surface area (Å²) in [7, 11) is 0. The molecule has 1 amide bonds. The van der Waals surface area contributed by atoms with Crippen LogP contribution in [-0.2, 0) is 11.2 Å². The normalized spacial score (nSPS) is 18.1. The molecule has 2 heteroatoms. The van der Waals surface area contributed by atoms with E-state index in [9.17, 15) is 4.79 Å². The first-order chi connectivity index (χ1) is 8.98. The summed E-state index contributed by atoms with van der Waals surface area (Å²) in [4.78, 5) is 12.2. The van der Waals surface area contributed by atoms with Gasteiger partial charge >= 0.3 is 0 Å². The van der Waals surface area contributed by atoms with E-state index in [0.717, 1.165) is 18.4 Å². The number of aryl methyl sites for hydroxylation is 2. The zero-order valence-corrected chi connectivity index (χ0v) is 12.4. The minimum Gasteiger partial charge on any atom is -0.351 e. The van der Waals surface area contributed by atoms with Crippen LogP contribution in [0, 0.1) is 13.8 Å². The monoisotopic (exact) mass is 259 g/mol. The molecule has 19 heavy (non-hydrogen) atoms. The lowest BCUT2D eigenvalue weighted by molar-refractivity contribution is -0.122. The van der Waals surface area contributed by atoms with Gasteiger partial charge in [0, 0.05) is 5.54 Å². The SMILES string of the molecule is Cc1ccc(C)c(CC(=O)NC2(C)CCCCC2)c1. The van der Waals surface area contributed by atoms with E-state index < -0.39 is 0 Å². The molecule has 1 fully saturated rings. The number of carbonyl (C=O) groups is 1. The maximum absolute atomic E-state index is 12.2. The number of amides is 1. The van der Waals surface area contributed by atoms with Gasteiger partial charge in [-0.15, -0.1) is 0 Å². The van der Waals surface area contributed by atoms with Crippen LogP contribution in [0.5, 0.6) is 0 Å². The summed E-state index contributed by atoms with van der Waals surface area (Å²) in [5.74, 6) is 0.165. The predicted octanol–water partition coefficient (Wildman–Crippen LogP) is 3.68. The molecule has 0 spiro atoms. The molecule has 0 atom stereocenters. The molecule has 1 aromatic carbocycles. The Morgan fingerprint density at radius 2 is 1.89 bits per heavy atom. The highest BCUT2D eigenvalue weighted by atomic mass is 16.1. The molecule has 1 saturated carbocycles. The molecule has 1 aliphatic carbocycles. The van der Waals surface area contributed by atoms with Crippen LogP contribution in [0.3, 0.4) is 0 Å². The van der Waals surface area contributed by atoms with Gasteiger partial charge in [0.05, 0.1) is 6.42 Å². The molecule has 0 saturated heterocycles. The lowest BCUT2D eigenvalue weighted by atomic mass is 9.83. The number of rotatable bonds is 3. The average molecular weight is 259 g/mol. The highest BCUT2D eigenvalue weighted by molar-refractivity contribution is 5.79. The highest BCUT2D eigenvalue weighted by Gasteiger charge is 2.28. The van der Waals surface area contributed by atoms with Crippen LogP contribution in [0.1, 0.15) is 55.7 Å². The summed E-state index contributed by atoms with van der Waals surface area (Å²) in [6.45, 7) is 6.33. The number of nitrogens with one attached hydrogen (secondary N) is 1. The Balaban J connectivity index is 1.99. The fraction of sp³-hybridized carbons (Fsp3) is 0.588. The molecule has 1 aromatic rings. The summed E-state index contributed by atoms with van der Waals surface area (Å²) in [6, 6.07) is 6.32. The molecule has 0 radical (unpaired) electrons. The molecule has 0 aliphatic heterocycles. The minimum absolute atomic E-state index is 0.0209. The Hall–Kier alpha value is -1.31. The van der Waals surface area contributed by atoms with Gasteiger partial charge in [-0.25, -0.2) is 0 Å². The molecular weight excluding hydrogens is 234 g/mol. The molecule has 1 aliphatic rings. The molecule has 0 heterocycles. The van der Waals surface area contributed by atoms with E-state index in [0.29, 0.717) is 6.42 Å². The Kier molecular flexibility index (Phi) is 4.28. The van der Waals surface area contributed by atoms with Crippen LogP contribution in [-0.4, -0.2) is 11.4 Å². The number of carbonyl (C=O) groups excluding carboxylic acids is 1. The van der Waals surface area contributed by atoms with Crippen LogP contribution < -0.4 is 5.32 Å². The average Bonchev–Trinajstić information content (AvgIpc) is 2.34. The molecule has 104 valence electrons. The molecule has 1 N–H and O–H groups in total. The summed E-state index contributed by atoms with van der Waals surface area (Å²) >= 11 is 0. The van der Waals surface area contributed by atoms with Gasteiger partial charge in [0.15, 0.2) is 0 Å². The summed E-state index contributed by atoms with van der Waals surface area (Å²) in [5.41, 5.74) is 3.59. The van der Waals surface area contributed by atoms with Crippen molar-refractivity contribution in [1.29, 1.82) is 0 Å². The van der Waals surface area contributed by atoms with Gasteiger partial charge in [-0.05, 0) is 44.7 Å². The lowest BCUT2D eigenvalue weighted by Crippen LogP contribution is -2.47. The molecular formula is C17H25NO. The summed E-state index contributed by atoms with van der Waals surface area (Å²) in [6.07, 6.45) is 6.52. The molecule has 0 aromatic heterocycles. The zero-order chi connectivity index (χ0) is 13.9. The first-order valence-corrected chi connectivity index (χ1v) is 7.36. The van der Waals surface area contributed by atoms with Crippen molar-refractivity contribution in [3.63, 3.8) is 0 Å². The Labute approximate surface area is 116 Å². The Bertz CT molecular complexity index is 458. The summed E-state index contributed by atoms with van der Waals surface area (Å²) in [5, 5.41) is 3.25. The third kappa shape index (κ3) is 3.82. The Morgan fingerprint density at radius 3 is 2.58 bits per heavy atom. The largest absolute Gasteiger partial charge is 0.351 e. The van der Waals surface area contributed by atoms with Gasteiger partial charge in [0.25, 0.3) is 0 Å². The number of hydrogen-bond donors (Lipinski definition) is 1. The van der Waals surface area contributed by atoms with E-state index in [4.69, 9.17) is 0 Å². The number of benzene rings is 1. The number of hydrogen-bond acceptors (Lipinski definition) is 1. The van der Waals surface area contributed by atoms with E-state index in [1.165, 1.54) is 30.4 Å². The van der Waals surface area contributed by atoms with Crippen LogP contribution in [0.25, 0.3) is 0 Å². The van der Waals surface area contributed by atoms with Crippen molar-refractivity contribution >= 4 is 5.91 Å². The van der Waals surface area contributed by atoms with Gasteiger partial charge in [-0.2, -0.15) is 0 Å². The predicted molar refractivity (Wildman–Crippen MR) is 79.3 cm³/mol. The molecule has 2 nitrogen and oxygen atoms in total. The zero-order valence-electron chi connectivity index (χ0n) is 12.4. The second-order valence-electron chi connectivity index (χ2n) is 6.28. The maximum atomic E-state index is 12.2. The van der Waals surface area contributed by atoms with Gasteiger partial charge in [0.1, 0.15) is 0 Å². The van der Waals surface area contributed by atoms with Crippen molar-refractivity contribution in [2.75, 3.05) is 0 Å².